The molecule has 4 rings (SSSR count). The number of carbonyl (C=O) groups is 2. The predicted octanol–water partition coefficient (Wildman–Crippen LogP) is 4.87. The van der Waals surface area contributed by atoms with Gasteiger partial charge in [0.25, 0.3) is 5.91 Å². The largest absolute Gasteiger partial charge is 0.366 e. The Morgan fingerprint density at radius 2 is 1.61 bits per heavy atom. The van der Waals surface area contributed by atoms with Gasteiger partial charge in [-0.25, -0.2) is 0 Å². The highest BCUT2D eigenvalue weighted by molar-refractivity contribution is 6.32. The summed E-state index contributed by atoms with van der Waals surface area (Å²) in [7, 11) is 2.08. The van der Waals surface area contributed by atoms with Crippen LogP contribution in [0.5, 0.6) is 0 Å². The minimum atomic E-state index is -0.529. The Labute approximate surface area is 198 Å². The first-order valence-electron chi connectivity index (χ1n) is 10.6. The third-order valence-electron chi connectivity index (χ3n) is 5.53. The monoisotopic (exact) mass is 460 g/mol. The third kappa shape index (κ3) is 5.25. The van der Waals surface area contributed by atoms with Crippen molar-refractivity contribution in [2.24, 2.45) is 5.73 Å². The number of carbonyl (C=O) groups excluding carboxylic acids is 2. The van der Waals surface area contributed by atoms with Crippen molar-refractivity contribution < 1.29 is 9.59 Å². The van der Waals surface area contributed by atoms with Gasteiger partial charge in [0.2, 0.25) is 5.91 Å². The number of allylic oxidation sites excluding steroid dienone is 1. The van der Waals surface area contributed by atoms with Crippen molar-refractivity contribution in [3.8, 4) is 0 Å². The van der Waals surface area contributed by atoms with E-state index < -0.39 is 5.91 Å². The van der Waals surface area contributed by atoms with E-state index in [1.54, 1.807) is 18.2 Å². The second kappa shape index (κ2) is 9.48. The molecule has 3 aromatic carbocycles. The third-order valence-corrected chi connectivity index (χ3v) is 5.78. The van der Waals surface area contributed by atoms with Crippen molar-refractivity contribution >= 4 is 40.4 Å². The molecule has 33 heavy (non-hydrogen) atoms. The first-order valence-corrected chi connectivity index (χ1v) is 10.9. The second-order valence-corrected chi connectivity index (χ2v) is 8.64. The molecule has 0 aromatic heterocycles. The fourth-order valence-corrected chi connectivity index (χ4v) is 4.07. The number of benzene rings is 3. The number of fused-ring (bicyclic) bond motifs is 1. The van der Waals surface area contributed by atoms with Crippen molar-refractivity contribution in [1.29, 1.82) is 0 Å². The van der Waals surface area contributed by atoms with Gasteiger partial charge in [-0.05, 0) is 61.5 Å². The first-order chi connectivity index (χ1) is 15.8. The summed E-state index contributed by atoms with van der Waals surface area (Å²) in [5.41, 5.74) is 11.6. The maximum Gasteiger partial charge on any atom is 0.258 e. The zero-order chi connectivity index (χ0) is 23.5. The standard InChI is InChI=1S/C26H25ClN4O2/c1-16(24-22-12-7-19(25(28)32)13-23(22)30-26(24)33)29-21-10-5-18(6-11-21)15-31(2)14-17-3-8-20(27)9-4-17/h3-13,29H,14-15H2,1-2H3,(H2,28,32)(H,30,33). The second-order valence-electron chi connectivity index (χ2n) is 8.20. The molecule has 168 valence electrons. The molecule has 0 saturated carbocycles. The van der Waals surface area contributed by atoms with Crippen LogP contribution in [0.4, 0.5) is 11.4 Å². The summed E-state index contributed by atoms with van der Waals surface area (Å²) in [6.07, 6.45) is 0. The molecule has 1 heterocycles. The molecule has 6 nitrogen and oxygen atoms in total. The number of primary amides is 1. The van der Waals surface area contributed by atoms with Crippen LogP contribution in [0.2, 0.25) is 5.02 Å². The van der Waals surface area contributed by atoms with Gasteiger partial charge in [-0.15, -0.1) is 0 Å². The highest BCUT2D eigenvalue weighted by atomic mass is 35.5. The van der Waals surface area contributed by atoms with E-state index in [1.165, 1.54) is 11.1 Å². The predicted molar refractivity (Wildman–Crippen MR) is 133 cm³/mol. The summed E-state index contributed by atoms with van der Waals surface area (Å²) in [6, 6.07) is 21.0. The Kier molecular flexibility index (Phi) is 6.49. The van der Waals surface area contributed by atoms with Crippen LogP contribution in [-0.2, 0) is 17.9 Å². The molecule has 3 aromatic rings. The van der Waals surface area contributed by atoms with Crippen molar-refractivity contribution in [2.45, 2.75) is 20.0 Å². The van der Waals surface area contributed by atoms with Crippen molar-refractivity contribution in [2.75, 3.05) is 17.7 Å². The van der Waals surface area contributed by atoms with E-state index in [9.17, 15) is 9.59 Å². The fraction of sp³-hybridized carbons (Fsp3) is 0.154. The summed E-state index contributed by atoms with van der Waals surface area (Å²) >= 11 is 5.96. The molecule has 2 amide bonds. The minimum Gasteiger partial charge on any atom is -0.366 e. The zero-order valence-electron chi connectivity index (χ0n) is 18.5. The molecule has 0 unspecified atom stereocenters. The molecule has 0 atom stereocenters. The lowest BCUT2D eigenvalue weighted by Crippen LogP contribution is -2.17. The van der Waals surface area contributed by atoms with E-state index in [-0.39, 0.29) is 5.91 Å². The molecular weight excluding hydrogens is 436 g/mol. The minimum absolute atomic E-state index is 0.211. The topological polar surface area (TPSA) is 87.5 Å². The average molecular weight is 461 g/mol. The molecule has 0 radical (unpaired) electrons. The average Bonchev–Trinajstić information content (AvgIpc) is 3.11. The van der Waals surface area contributed by atoms with Gasteiger partial charge in [0, 0.05) is 46.3 Å². The number of nitrogens with two attached hydrogens (primary N) is 1. The first kappa shape index (κ1) is 22.6. The van der Waals surface area contributed by atoms with E-state index in [1.807, 2.05) is 43.3 Å². The number of nitrogens with zero attached hydrogens (tertiary/aromatic N) is 1. The van der Waals surface area contributed by atoms with Gasteiger partial charge in [0.15, 0.2) is 0 Å². The van der Waals surface area contributed by atoms with Gasteiger partial charge in [-0.3, -0.25) is 14.5 Å². The lowest BCUT2D eigenvalue weighted by molar-refractivity contribution is -0.110. The Balaban J connectivity index is 1.43. The van der Waals surface area contributed by atoms with Gasteiger partial charge in [0.05, 0.1) is 5.57 Å². The highest BCUT2D eigenvalue weighted by Crippen LogP contribution is 2.34. The van der Waals surface area contributed by atoms with E-state index in [4.69, 9.17) is 17.3 Å². The lowest BCUT2D eigenvalue weighted by Gasteiger charge is -2.17. The smallest absolute Gasteiger partial charge is 0.258 e. The summed E-state index contributed by atoms with van der Waals surface area (Å²) in [4.78, 5) is 26.2. The number of amides is 2. The van der Waals surface area contributed by atoms with Crippen LogP contribution in [0.1, 0.15) is 34.0 Å². The number of rotatable bonds is 7. The van der Waals surface area contributed by atoms with Gasteiger partial charge in [-0.1, -0.05) is 41.9 Å². The molecule has 1 aliphatic rings. The number of anilines is 2. The van der Waals surface area contributed by atoms with E-state index in [0.29, 0.717) is 16.8 Å². The Morgan fingerprint density at radius 3 is 2.21 bits per heavy atom. The van der Waals surface area contributed by atoms with Crippen LogP contribution >= 0.6 is 11.6 Å². The molecule has 0 bridgehead atoms. The highest BCUT2D eigenvalue weighted by Gasteiger charge is 2.27. The van der Waals surface area contributed by atoms with Crippen LogP contribution in [0.3, 0.4) is 0 Å². The van der Waals surface area contributed by atoms with Crippen molar-refractivity contribution in [3.05, 3.63) is 99.7 Å². The van der Waals surface area contributed by atoms with Gasteiger partial charge in [-0.2, -0.15) is 0 Å². The quantitative estimate of drug-likeness (QED) is 0.439. The fourth-order valence-electron chi connectivity index (χ4n) is 3.94. The SMILES string of the molecule is CC(Nc1ccc(CN(C)Cc2ccc(Cl)cc2)cc1)=C1C(=O)Nc2cc(C(N)=O)ccc21. The summed E-state index contributed by atoms with van der Waals surface area (Å²) in [5.74, 6) is -0.740. The Bertz CT molecular complexity index is 1230. The summed E-state index contributed by atoms with van der Waals surface area (Å²) < 4.78 is 0. The summed E-state index contributed by atoms with van der Waals surface area (Å²) in [6.45, 7) is 3.50. The number of hydrogen-bond donors (Lipinski definition) is 3. The molecule has 0 spiro atoms. The molecule has 7 heteroatoms. The lowest BCUT2D eigenvalue weighted by atomic mass is 10.0. The van der Waals surface area contributed by atoms with Gasteiger partial charge in [0.1, 0.15) is 0 Å². The molecule has 0 saturated heterocycles. The number of halogens is 1. The molecule has 4 N–H and O–H groups in total. The number of nitrogens with one attached hydrogen (secondary N) is 2. The van der Waals surface area contributed by atoms with Crippen LogP contribution in [0, 0.1) is 0 Å². The van der Waals surface area contributed by atoms with E-state index in [2.05, 4.69) is 34.7 Å². The van der Waals surface area contributed by atoms with Crippen LogP contribution in [0.25, 0.3) is 5.57 Å². The Hall–Kier alpha value is -3.61. The van der Waals surface area contributed by atoms with E-state index in [0.717, 1.165) is 35.1 Å². The maximum absolute atomic E-state index is 12.6. The summed E-state index contributed by atoms with van der Waals surface area (Å²) in [5, 5.41) is 6.86. The maximum atomic E-state index is 12.6. The molecule has 1 aliphatic heterocycles. The molecule has 0 fully saturated rings. The van der Waals surface area contributed by atoms with Crippen molar-refractivity contribution in [3.63, 3.8) is 0 Å². The van der Waals surface area contributed by atoms with Gasteiger partial charge >= 0.3 is 0 Å². The van der Waals surface area contributed by atoms with Crippen LogP contribution in [0.15, 0.2) is 72.4 Å². The number of hydrogen-bond acceptors (Lipinski definition) is 4. The normalized spacial score (nSPS) is 14.1. The molecular formula is C26H25ClN4O2. The van der Waals surface area contributed by atoms with Crippen LogP contribution < -0.4 is 16.4 Å². The molecule has 0 aliphatic carbocycles. The van der Waals surface area contributed by atoms with E-state index >= 15 is 0 Å². The zero-order valence-corrected chi connectivity index (χ0v) is 19.2. The Morgan fingerprint density at radius 1 is 1.00 bits per heavy atom. The van der Waals surface area contributed by atoms with Gasteiger partial charge < -0.3 is 16.4 Å². The van der Waals surface area contributed by atoms with Crippen molar-refractivity contribution in [1.82, 2.24) is 4.90 Å². The van der Waals surface area contributed by atoms with Crippen LogP contribution in [-0.4, -0.2) is 23.8 Å².